The fraction of sp³-hybridized carbons (Fsp3) is 0.263. The van der Waals surface area contributed by atoms with E-state index in [-0.39, 0.29) is 5.91 Å². The Bertz CT molecular complexity index is 914. The summed E-state index contributed by atoms with van der Waals surface area (Å²) in [6, 6.07) is 14.0. The van der Waals surface area contributed by atoms with Crippen LogP contribution in [0.25, 0.3) is 10.2 Å². The lowest BCUT2D eigenvalue weighted by Crippen LogP contribution is -2.48. The van der Waals surface area contributed by atoms with E-state index in [1.54, 1.807) is 11.3 Å². The largest absolute Gasteiger partial charge is 0.345 e. The second-order valence-electron chi connectivity index (χ2n) is 6.25. The van der Waals surface area contributed by atoms with Crippen LogP contribution >= 0.6 is 27.3 Å². The maximum Gasteiger partial charge on any atom is 0.253 e. The van der Waals surface area contributed by atoms with Gasteiger partial charge in [-0.2, -0.15) is 0 Å². The molecular weight excluding hydrogens is 398 g/mol. The lowest BCUT2D eigenvalue weighted by atomic mass is 10.1. The number of carbonyl (C=O) groups excluding carboxylic acids is 1. The van der Waals surface area contributed by atoms with Crippen LogP contribution in [0.15, 0.2) is 46.9 Å². The number of aromatic nitrogens is 1. The molecule has 1 amide bonds. The Kier molecular flexibility index (Phi) is 4.48. The molecule has 0 N–H and O–H groups in total. The Balaban J connectivity index is 1.45. The van der Waals surface area contributed by atoms with Gasteiger partial charge in [0.1, 0.15) is 0 Å². The third kappa shape index (κ3) is 3.41. The van der Waals surface area contributed by atoms with Gasteiger partial charge in [-0.25, -0.2) is 4.98 Å². The van der Waals surface area contributed by atoms with Gasteiger partial charge in [0, 0.05) is 36.2 Å². The van der Waals surface area contributed by atoms with Crippen molar-refractivity contribution in [3.05, 3.63) is 58.1 Å². The molecule has 0 bridgehead atoms. The van der Waals surface area contributed by atoms with Crippen LogP contribution in [0.3, 0.4) is 0 Å². The molecule has 6 heteroatoms. The standard InChI is InChI=1S/C19H18BrN3OS/c1-13-2-4-14(5-3-13)18(24)22-8-10-23(11-9-22)19-21-16-7-6-15(20)12-17(16)25-19/h2-7,12H,8-11H2,1H3. The number of piperazine rings is 1. The predicted molar refractivity (Wildman–Crippen MR) is 107 cm³/mol. The Morgan fingerprint density at radius 1 is 1.08 bits per heavy atom. The second kappa shape index (κ2) is 6.77. The van der Waals surface area contributed by atoms with Gasteiger partial charge in [-0.1, -0.05) is 45.0 Å². The summed E-state index contributed by atoms with van der Waals surface area (Å²) in [7, 11) is 0. The highest BCUT2D eigenvalue weighted by molar-refractivity contribution is 9.10. The number of rotatable bonds is 2. The molecule has 1 saturated heterocycles. The smallest absolute Gasteiger partial charge is 0.253 e. The van der Waals surface area contributed by atoms with Crippen molar-refractivity contribution >= 4 is 48.5 Å². The first-order valence-corrected chi connectivity index (χ1v) is 9.88. The lowest BCUT2D eigenvalue weighted by molar-refractivity contribution is 0.0747. The molecule has 2 heterocycles. The van der Waals surface area contributed by atoms with Crippen LogP contribution in [0.1, 0.15) is 15.9 Å². The number of benzene rings is 2. The third-order valence-electron chi connectivity index (χ3n) is 4.48. The summed E-state index contributed by atoms with van der Waals surface area (Å²) < 4.78 is 2.26. The topological polar surface area (TPSA) is 36.4 Å². The molecule has 0 radical (unpaired) electrons. The molecule has 1 aliphatic heterocycles. The molecule has 25 heavy (non-hydrogen) atoms. The number of carbonyl (C=O) groups is 1. The number of aryl methyl sites for hydroxylation is 1. The van der Waals surface area contributed by atoms with Gasteiger partial charge in [-0.15, -0.1) is 0 Å². The Morgan fingerprint density at radius 3 is 2.52 bits per heavy atom. The van der Waals surface area contributed by atoms with E-state index in [4.69, 9.17) is 4.98 Å². The molecular formula is C19H18BrN3OS. The number of hydrogen-bond acceptors (Lipinski definition) is 4. The number of anilines is 1. The van der Waals surface area contributed by atoms with Gasteiger partial charge in [-0.3, -0.25) is 4.79 Å². The monoisotopic (exact) mass is 415 g/mol. The Labute approximate surface area is 159 Å². The number of fused-ring (bicyclic) bond motifs is 1. The Hall–Kier alpha value is -1.92. The SMILES string of the molecule is Cc1ccc(C(=O)N2CCN(c3nc4ccc(Br)cc4s3)CC2)cc1. The molecule has 0 spiro atoms. The van der Waals surface area contributed by atoms with E-state index >= 15 is 0 Å². The van der Waals surface area contributed by atoms with Crippen LogP contribution in [0, 0.1) is 6.92 Å². The van der Waals surface area contributed by atoms with Gasteiger partial charge in [0.2, 0.25) is 0 Å². The van der Waals surface area contributed by atoms with Crippen molar-refractivity contribution in [1.29, 1.82) is 0 Å². The minimum atomic E-state index is 0.118. The molecule has 3 aromatic rings. The van der Waals surface area contributed by atoms with Crippen molar-refractivity contribution in [2.24, 2.45) is 0 Å². The summed E-state index contributed by atoms with van der Waals surface area (Å²) >= 11 is 5.22. The van der Waals surface area contributed by atoms with Crippen molar-refractivity contribution in [3.8, 4) is 0 Å². The first-order valence-electron chi connectivity index (χ1n) is 8.27. The quantitative estimate of drug-likeness (QED) is 0.624. The van der Waals surface area contributed by atoms with Crippen LogP contribution < -0.4 is 4.90 Å². The zero-order valence-electron chi connectivity index (χ0n) is 13.9. The molecule has 2 aromatic carbocycles. The second-order valence-corrected chi connectivity index (χ2v) is 8.18. The molecule has 128 valence electrons. The first-order chi connectivity index (χ1) is 12.1. The number of nitrogens with zero attached hydrogens (tertiary/aromatic N) is 3. The molecule has 0 saturated carbocycles. The maximum atomic E-state index is 12.6. The highest BCUT2D eigenvalue weighted by Gasteiger charge is 2.23. The van der Waals surface area contributed by atoms with E-state index < -0.39 is 0 Å². The molecule has 1 aromatic heterocycles. The number of halogens is 1. The fourth-order valence-corrected chi connectivity index (χ4v) is 4.57. The van der Waals surface area contributed by atoms with Crippen LogP contribution in [0.5, 0.6) is 0 Å². The van der Waals surface area contributed by atoms with Crippen LogP contribution in [0.4, 0.5) is 5.13 Å². The summed E-state index contributed by atoms with van der Waals surface area (Å²) in [4.78, 5) is 21.6. The Morgan fingerprint density at radius 2 is 1.80 bits per heavy atom. The maximum absolute atomic E-state index is 12.6. The zero-order valence-corrected chi connectivity index (χ0v) is 16.3. The molecule has 1 fully saturated rings. The fourth-order valence-electron chi connectivity index (χ4n) is 3.00. The van der Waals surface area contributed by atoms with E-state index in [9.17, 15) is 4.79 Å². The summed E-state index contributed by atoms with van der Waals surface area (Å²) in [5.74, 6) is 0.118. The van der Waals surface area contributed by atoms with Crippen molar-refractivity contribution < 1.29 is 4.79 Å². The molecule has 1 aliphatic rings. The van der Waals surface area contributed by atoms with Crippen molar-refractivity contribution in [3.63, 3.8) is 0 Å². The number of thiazole rings is 1. The third-order valence-corrected chi connectivity index (χ3v) is 6.05. The number of hydrogen-bond donors (Lipinski definition) is 0. The highest BCUT2D eigenvalue weighted by Crippen LogP contribution is 2.31. The van der Waals surface area contributed by atoms with Crippen molar-refractivity contribution in [1.82, 2.24) is 9.88 Å². The van der Waals surface area contributed by atoms with Gasteiger partial charge < -0.3 is 9.80 Å². The normalized spacial score (nSPS) is 15.0. The summed E-state index contributed by atoms with van der Waals surface area (Å²) in [5, 5.41) is 1.04. The van der Waals surface area contributed by atoms with Gasteiger partial charge in [0.25, 0.3) is 5.91 Å². The van der Waals surface area contributed by atoms with Gasteiger partial charge >= 0.3 is 0 Å². The molecule has 4 nitrogen and oxygen atoms in total. The summed E-state index contributed by atoms with van der Waals surface area (Å²) in [6.45, 7) is 5.12. The van der Waals surface area contributed by atoms with E-state index in [1.807, 2.05) is 48.2 Å². The molecule has 0 unspecified atom stereocenters. The van der Waals surface area contributed by atoms with Crippen molar-refractivity contribution in [2.75, 3.05) is 31.1 Å². The van der Waals surface area contributed by atoms with Gasteiger partial charge in [-0.05, 0) is 37.3 Å². The van der Waals surface area contributed by atoms with Crippen LogP contribution in [0.2, 0.25) is 0 Å². The first kappa shape index (κ1) is 16.5. The van der Waals surface area contributed by atoms with Gasteiger partial charge in [0.05, 0.1) is 10.2 Å². The molecule has 0 aliphatic carbocycles. The minimum Gasteiger partial charge on any atom is -0.345 e. The minimum absolute atomic E-state index is 0.118. The zero-order chi connectivity index (χ0) is 17.4. The van der Waals surface area contributed by atoms with Gasteiger partial charge in [0.15, 0.2) is 5.13 Å². The molecule has 4 rings (SSSR count). The highest BCUT2D eigenvalue weighted by atomic mass is 79.9. The van der Waals surface area contributed by atoms with Crippen LogP contribution in [-0.2, 0) is 0 Å². The van der Waals surface area contributed by atoms with Crippen LogP contribution in [-0.4, -0.2) is 42.0 Å². The molecule has 0 atom stereocenters. The predicted octanol–water partition coefficient (Wildman–Crippen LogP) is 4.33. The lowest BCUT2D eigenvalue weighted by Gasteiger charge is -2.34. The van der Waals surface area contributed by atoms with Crippen molar-refractivity contribution in [2.45, 2.75) is 6.92 Å². The van der Waals surface area contributed by atoms with E-state index in [0.29, 0.717) is 0 Å². The summed E-state index contributed by atoms with van der Waals surface area (Å²) in [5.41, 5.74) is 2.97. The average Bonchev–Trinajstić information content (AvgIpc) is 3.05. The van der Waals surface area contributed by atoms with E-state index in [1.165, 1.54) is 10.3 Å². The van der Waals surface area contributed by atoms with E-state index in [0.717, 1.165) is 46.9 Å². The average molecular weight is 416 g/mol. The number of amides is 1. The summed E-state index contributed by atoms with van der Waals surface area (Å²) in [6.07, 6.45) is 0. The van der Waals surface area contributed by atoms with E-state index in [2.05, 4.69) is 26.9 Å².